The number of pyridine rings is 1. The van der Waals surface area contributed by atoms with E-state index in [2.05, 4.69) is 9.88 Å². The number of amides is 1. The van der Waals surface area contributed by atoms with Crippen molar-refractivity contribution in [3.63, 3.8) is 0 Å². The molecule has 1 saturated heterocycles. The van der Waals surface area contributed by atoms with Gasteiger partial charge in [0.2, 0.25) is 0 Å². The summed E-state index contributed by atoms with van der Waals surface area (Å²) in [6, 6.07) is 10.9. The summed E-state index contributed by atoms with van der Waals surface area (Å²) in [5, 5.41) is 9.34. The van der Waals surface area contributed by atoms with E-state index >= 15 is 0 Å². The summed E-state index contributed by atoms with van der Waals surface area (Å²) < 4.78 is 0. The maximum absolute atomic E-state index is 12.1. The minimum absolute atomic E-state index is 0.00183. The van der Waals surface area contributed by atoms with Crippen LogP contribution in [0, 0.1) is 0 Å². The lowest BCUT2D eigenvalue weighted by molar-refractivity contribution is 0.0696. The Morgan fingerprint density at radius 2 is 1.85 bits per heavy atom. The van der Waals surface area contributed by atoms with Crippen LogP contribution in [0.25, 0.3) is 0 Å². The molecule has 0 aliphatic carbocycles. The molecular weight excluding hydrogens is 344 g/mol. The van der Waals surface area contributed by atoms with Gasteiger partial charge in [0.1, 0.15) is 11.4 Å². The van der Waals surface area contributed by atoms with E-state index in [1.54, 1.807) is 37.3 Å². The Hall–Kier alpha value is -2.93. The first-order chi connectivity index (χ1) is 13.0. The van der Waals surface area contributed by atoms with Gasteiger partial charge in [-0.1, -0.05) is 12.1 Å². The molecule has 0 bridgehead atoms. The lowest BCUT2D eigenvalue weighted by atomic mass is 10.1. The highest BCUT2D eigenvalue weighted by molar-refractivity contribution is 5.94. The standard InChI is InChI=1S/C20H24N4O3/c1-22(2)19(25)16-6-3-5-15(13-16)14-23-9-11-24(12-10-23)18-17(20(26)27)7-4-8-21-18/h3-8,13H,9-12,14H2,1-2H3,(H,26,27). The second-order valence-electron chi connectivity index (χ2n) is 6.84. The van der Waals surface area contributed by atoms with Crippen LogP contribution < -0.4 is 4.90 Å². The van der Waals surface area contributed by atoms with Crippen molar-refractivity contribution >= 4 is 17.7 Å². The number of hydrogen-bond acceptors (Lipinski definition) is 5. The molecule has 27 heavy (non-hydrogen) atoms. The molecule has 2 heterocycles. The molecule has 1 aliphatic heterocycles. The zero-order chi connectivity index (χ0) is 19.4. The molecule has 1 amide bonds. The predicted octanol–water partition coefficient (Wildman–Crippen LogP) is 1.80. The smallest absolute Gasteiger partial charge is 0.339 e. The maximum Gasteiger partial charge on any atom is 0.339 e. The highest BCUT2D eigenvalue weighted by atomic mass is 16.4. The Kier molecular flexibility index (Phi) is 5.71. The molecule has 0 radical (unpaired) electrons. The molecule has 0 unspecified atom stereocenters. The largest absolute Gasteiger partial charge is 0.478 e. The van der Waals surface area contributed by atoms with E-state index < -0.39 is 5.97 Å². The number of carbonyl (C=O) groups is 2. The van der Waals surface area contributed by atoms with Crippen molar-refractivity contribution in [1.29, 1.82) is 0 Å². The highest BCUT2D eigenvalue weighted by Crippen LogP contribution is 2.20. The number of aromatic nitrogens is 1. The van der Waals surface area contributed by atoms with Gasteiger partial charge in [-0.2, -0.15) is 0 Å². The SMILES string of the molecule is CN(C)C(=O)c1cccc(CN2CCN(c3ncccc3C(=O)O)CC2)c1. The average molecular weight is 368 g/mol. The van der Waals surface area contributed by atoms with E-state index in [1.807, 2.05) is 29.2 Å². The number of aromatic carboxylic acids is 1. The van der Waals surface area contributed by atoms with Crippen molar-refractivity contribution in [3.05, 3.63) is 59.3 Å². The molecule has 1 aromatic carbocycles. The van der Waals surface area contributed by atoms with Crippen molar-refractivity contribution in [2.24, 2.45) is 0 Å². The second-order valence-corrected chi connectivity index (χ2v) is 6.84. The van der Waals surface area contributed by atoms with Crippen LogP contribution in [0.15, 0.2) is 42.6 Å². The van der Waals surface area contributed by atoms with Crippen molar-refractivity contribution in [1.82, 2.24) is 14.8 Å². The van der Waals surface area contributed by atoms with Crippen LogP contribution in [0.3, 0.4) is 0 Å². The molecule has 3 rings (SSSR count). The van der Waals surface area contributed by atoms with Gasteiger partial charge in [-0.15, -0.1) is 0 Å². The molecule has 2 aromatic rings. The number of carboxylic acid groups (broad SMARTS) is 1. The fraction of sp³-hybridized carbons (Fsp3) is 0.350. The van der Waals surface area contributed by atoms with Crippen LogP contribution in [0.4, 0.5) is 5.82 Å². The molecule has 0 atom stereocenters. The number of carboxylic acids is 1. The van der Waals surface area contributed by atoms with E-state index in [0.29, 0.717) is 24.5 Å². The quantitative estimate of drug-likeness (QED) is 0.867. The average Bonchev–Trinajstić information content (AvgIpc) is 2.68. The van der Waals surface area contributed by atoms with Crippen LogP contribution in [0.2, 0.25) is 0 Å². The Balaban J connectivity index is 1.63. The Bertz CT molecular complexity index is 829. The summed E-state index contributed by atoms with van der Waals surface area (Å²) in [4.78, 5) is 33.7. The molecule has 1 aromatic heterocycles. The lowest BCUT2D eigenvalue weighted by Crippen LogP contribution is -2.46. The molecule has 0 saturated carbocycles. The second kappa shape index (κ2) is 8.18. The summed E-state index contributed by atoms with van der Waals surface area (Å²) in [7, 11) is 3.49. The van der Waals surface area contributed by atoms with Gasteiger partial charge in [-0.3, -0.25) is 9.69 Å². The van der Waals surface area contributed by atoms with E-state index in [0.717, 1.165) is 25.2 Å². The van der Waals surface area contributed by atoms with Crippen molar-refractivity contribution in [3.8, 4) is 0 Å². The molecule has 7 heteroatoms. The van der Waals surface area contributed by atoms with Gasteiger partial charge in [0.05, 0.1) is 0 Å². The molecule has 1 aliphatic rings. The van der Waals surface area contributed by atoms with Gasteiger partial charge < -0.3 is 14.9 Å². The van der Waals surface area contributed by atoms with E-state index in [4.69, 9.17) is 0 Å². The summed E-state index contributed by atoms with van der Waals surface area (Å²) >= 11 is 0. The first-order valence-electron chi connectivity index (χ1n) is 8.92. The van der Waals surface area contributed by atoms with Gasteiger partial charge in [0, 0.05) is 58.6 Å². The monoisotopic (exact) mass is 368 g/mol. The number of nitrogens with zero attached hydrogens (tertiary/aromatic N) is 4. The zero-order valence-electron chi connectivity index (χ0n) is 15.6. The summed E-state index contributed by atoms with van der Waals surface area (Å²) in [6.07, 6.45) is 1.63. The fourth-order valence-electron chi connectivity index (χ4n) is 3.25. The van der Waals surface area contributed by atoms with Gasteiger partial charge in [-0.05, 0) is 29.8 Å². The molecule has 1 N–H and O–H groups in total. The zero-order valence-corrected chi connectivity index (χ0v) is 15.6. The number of anilines is 1. The van der Waals surface area contributed by atoms with Crippen LogP contribution in [-0.4, -0.2) is 72.0 Å². The first kappa shape index (κ1) is 18.8. The summed E-state index contributed by atoms with van der Waals surface area (Å²) in [5.74, 6) is -0.427. The van der Waals surface area contributed by atoms with Gasteiger partial charge in [0.25, 0.3) is 5.91 Å². The number of rotatable bonds is 5. The Morgan fingerprint density at radius 3 is 2.52 bits per heavy atom. The van der Waals surface area contributed by atoms with Crippen molar-refractivity contribution in [2.75, 3.05) is 45.2 Å². The maximum atomic E-state index is 12.1. The lowest BCUT2D eigenvalue weighted by Gasteiger charge is -2.35. The predicted molar refractivity (Wildman–Crippen MR) is 103 cm³/mol. The number of hydrogen-bond donors (Lipinski definition) is 1. The minimum atomic E-state index is -0.956. The molecule has 7 nitrogen and oxygen atoms in total. The molecule has 142 valence electrons. The number of benzene rings is 1. The Labute approximate surface area is 158 Å². The van der Waals surface area contributed by atoms with E-state index in [-0.39, 0.29) is 11.5 Å². The fourth-order valence-corrected chi connectivity index (χ4v) is 3.25. The summed E-state index contributed by atoms with van der Waals surface area (Å²) in [6.45, 7) is 3.81. The first-order valence-corrected chi connectivity index (χ1v) is 8.92. The number of carbonyl (C=O) groups excluding carboxylic acids is 1. The highest BCUT2D eigenvalue weighted by Gasteiger charge is 2.22. The van der Waals surface area contributed by atoms with Crippen LogP contribution in [0.1, 0.15) is 26.3 Å². The Morgan fingerprint density at radius 1 is 1.11 bits per heavy atom. The van der Waals surface area contributed by atoms with Crippen molar-refractivity contribution < 1.29 is 14.7 Å². The van der Waals surface area contributed by atoms with Crippen LogP contribution in [0.5, 0.6) is 0 Å². The normalized spacial score (nSPS) is 14.8. The topological polar surface area (TPSA) is 77.0 Å². The molecule has 1 fully saturated rings. The molecular formula is C20H24N4O3. The molecule has 0 spiro atoms. The number of piperazine rings is 1. The van der Waals surface area contributed by atoms with Crippen molar-refractivity contribution in [2.45, 2.75) is 6.54 Å². The third-order valence-electron chi connectivity index (χ3n) is 4.68. The van der Waals surface area contributed by atoms with E-state index in [9.17, 15) is 14.7 Å². The summed E-state index contributed by atoms with van der Waals surface area (Å²) in [5.41, 5.74) is 2.02. The minimum Gasteiger partial charge on any atom is -0.478 e. The van der Waals surface area contributed by atoms with E-state index in [1.165, 1.54) is 0 Å². The van der Waals surface area contributed by atoms with Gasteiger partial charge in [-0.25, -0.2) is 9.78 Å². The van der Waals surface area contributed by atoms with Crippen LogP contribution in [-0.2, 0) is 6.54 Å². The van der Waals surface area contributed by atoms with Crippen LogP contribution >= 0.6 is 0 Å². The van der Waals surface area contributed by atoms with Gasteiger partial charge in [0.15, 0.2) is 0 Å². The third kappa shape index (κ3) is 4.43. The third-order valence-corrected chi connectivity index (χ3v) is 4.68. The van der Waals surface area contributed by atoms with Gasteiger partial charge >= 0.3 is 5.97 Å².